The van der Waals surface area contributed by atoms with Gasteiger partial charge >= 0.3 is 0 Å². The Hall–Kier alpha value is -1.22. The molecule has 88 valence electrons. The van der Waals surface area contributed by atoms with Crippen LogP contribution in [0.4, 0.5) is 5.69 Å². The number of anilines is 1. The fourth-order valence-corrected chi connectivity index (χ4v) is 2.26. The van der Waals surface area contributed by atoms with Crippen molar-refractivity contribution in [1.29, 1.82) is 0 Å². The molecule has 3 heteroatoms. The fourth-order valence-electron chi connectivity index (χ4n) is 2.26. The maximum Gasteiger partial charge on any atom is 0.141 e. The number of nitrogens with two attached hydrogens (primary N) is 1. The van der Waals surface area contributed by atoms with Crippen molar-refractivity contribution in [3.8, 4) is 5.75 Å². The zero-order chi connectivity index (χ0) is 11.4. The third-order valence-corrected chi connectivity index (χ3v) is 3.15. The zero-order valence-electron chi connectivity index (χ0n) is 9.91. The number of hydrogen-bond donors (Lipinski definition) is 1. The van der Waals surface area contributed by atoms with Crippen LogP contribution in [0.2, 0.25) is 0 Å². The van der Waals surface area contributed by atoms with E-state index in [9.17, 15) is 0 Å². The molecule has 1 aliphatic heterocycles. The Balaban J connectivity index is 2.01. The summed E-state index contributed by atoms with van der Waals surface area (Å²) in [5, 5.41) is 0. The average Bonchev–Trinajstić information content (AvgIpc) is 2.31. The molecule has 0 aromatic heterocycles. The summed E-state index contributed by atoms with van der Waals surface area (Å²) in [6.45, 7) is 3.44. The van der Waals surface area contributed by atoms with Crippen LogP contribution in [0.1, 0.15) is 24.8 Å². The highest BCUT2D eigenvalue weighted by atomic mass is 16.5. The molecule has 2 N–H and O–H groups in total. The van der Waals surface area contributed by atoms with Gasteiger partial charge in [-0.3, -0.25) is 4.90 Å². The second-order valence-electron chi connectivity index (χ2n) is 4.41. The molecule has 0 amide bonds. The first-order chi connectivity index (χ1) is 7.79. The summed E-state index contributed by atoms with van der Waals surface area (Å²) < 4.78 is 5.15. The van der Waals surface area contributed by atoms with Gasteiger partial charge in [-0.2, -0.15) is 0 Å². The van der Waals surface area contributed by atoms with Crippen LogP contribution in [0.5, 0.6) is 5.75 Å². The molecule has 0 radical (unpaired) electrons. The van der Waals surface area contributed by atoms with Crippen molar-refractivity contribution in [2.75, 3.05) is 25.9 Å². The van der Waals surface area contributed by atoms with Crippen molar-refractivity contribution >= 4 is 5.69 Å². The van der Waals surface area contributed by atoms with E-state index >= 15 is 0 Å². The molecular formula is C13H20N2O. The molecule has 0 spiro atoms. The summed E-state index contributed by atoms with van der Waals surface area (Å²) in [4.78, 5) is 2.49. The van der Waals surface area contributed by atoms with Gasteiger partial charge in [-0.15, -0.1) is 0 Å². The van der Waals surface area contributed by atoms with Gasteiger partial charge in [0, 0.05) is 6.54 Å². The van der Waals surface area contributed by atoms with Gasteiger partial charge in [0.05, 0.1) is 12.8 Å². The topological polar surface area (TPSA) is 38.5 Å². The van der Waals surface area contributed by atoms with Crippen LogP contribution < -0.4 is 10.5 Å². The summed E-state index contributed by atoms with van der Waals surface area (Å²) in [6, 6.07) is 6.08. The summed E-state index contributed by atoms with van der Waals surface area (Å²) in [6.07, 6.45) is 4.03. The van der Waals surface area contributed by atoms with Crippen molar-refractivity contribution in [1.82, 2.24) is 4.90 Å². The molecule has 0 unspecified atom stereocenters. The van der Waals surface area contributed by atoms with Crippen molar-refractivity contribution < 1.29 is 4.74 Å². The van der Waals surface area contributed by atoms with Crippen LogP contribution in [0, 0.1) is 0 Å². The molecule has 1 saturated heterocycles. The number of nitrogen functional groups attached to an aromatic ring is 1. The number of rotatable bonds is 3. The lowest BCUT2D eigenvalue weighted by molar-refractivity contribution is 0.221. The number of nitrogens with zero attached hydrogens (tertiary/aromatic N) is 1. The minimum Gasteiger partial charge on any atom is -0.495 e. The van der Waals surface area contributed by atoms with Gasteiger partial charge in [-0.25, -0.2) is 0 Å². The monoisotopic (exact) mass is 220 g/mol. The molecule has 0 aliphatic carbocycles. The number of hydrogen-bond acceptors (Lipinski definition) is 3. The normalized spacial score (nSPS) is 17.3. The van der Waals surface area contributed by atoms with E-state index in [0.717, 1.165) is 18.0 Å². The molecule has 1 aliphatic rings. The Labute approximate surface area is 97.2 Å². The minimum absolute atomic E-state index is 0.733. The van der Waals surface area contributed by atoms with E-state index in [1.807, 2.05) is 12.1 Å². The Morgan fingerprint density at radius 3 is 2.62 bits per heavy atom. The van der Waals surface area contributed by atoms with Gasteiger partial charge in [-0.05, 0) is 43.6 Å². The van der Waals surface area contributed by atoms with Gasteiger partial charge in [0.25, 0.3) is 0 Å². The molecule has 0 atom stereocenters. The number of methoxy groups -OCH3 is 1. The predicted octanol–water partition coefficient (Wildman–Crippen LogP) is 2.26. The van der Waals surface area contributed by atoms with Crippen LogP contribution in [-0.2, 0) is 6.54 Å². The Morgan fingerprint density at radius 1 is 1.25 bits per heavy atom. The number of likely N-dealkylation sites (tertiary alicyclic amines) is 1. The first-order valence-electron chi connectivity index (χ1n) is 5.94. The Morgan fingerprint density at radius 2 is 2.00 bits per heavy atom. The maximum atomic E-state index is 5.89. The maximum absolute atomic E-state index is 5.89. The largest absolute Gasteiger partial charge is 0.495 e. The highest BCUT2D eigenvalue weighted by Gasteiger charge is 2.10. The van der Waals surface area contributed by atoms with E-state index in [-0.39, 0.29) is 0 Å². The van der Waals surface area contributed by atoms with E-state index in [0.29, 0.717) is 0 Å². The van der Waals surface area contributed by atoms with E-state index in [4.69, 9.17) is 10.5 Å². The van der Waals surface area contributed by atoms with Crippen LogP contribution in [0.15, 0.2) is 18.2 Å². The summed E-state index contributed by atoms with van der Waals surface area (Å²) in [7, 11) is 1.65. The minimum atomic E-state index is 0.733. The van der Waals surface area contributed by atoms with E-state index in [2.05, 4.69) is 11.0 Å². The molecule has 3 nitrogen and oxygen atoms in total. The molecule has 0 bridgehead atoms. The second kappa shape index (κ2) is 5.21. The standard InChI is InChI=1S/C13H20N2O/c1-16-13-6-5-11(9-12(13)14)10-15-7-3-2-4-8-15/h5-6,9H,2-4,7-8,10,14H2,1H3. The fraction of sp³-hybridized carbons (Fsp3) is 0.538. The molecule has 1 fully saturated rings. The zero-order valence-corrected chi connectivity index (χ0v) is 9.91. The lowest BCUT2D eigenvalue weighted by Gasteiger charge is -2.26. The Bertz CT molecular complexity index is 346. The van der Waals surface area contributed by atoms with Crippen LogP contribution in [0.3, 0.4) is 0 Å². The highest BCUT2D eigenvalue weighted by Crippen LogP contribution is 2.23. The average molecular weight is 220 g/mol. The van der Waals surface area contributed by atoms with Crippen LogP contribution in [0.25, 0.3) is 0 Å². The molecule has 0 saturated carbocycles. The van der Waals surface area contributed by atoms with Crippen molar-refractivity contribution in [3.63, 3.8) is 0 Å². The first kappa shape index (κ1) is 11.3. The summed E-state index contributed by atoms with van der Waals surface area (Å²) in [5.41, 5.74) is 7.90. The summed E-state index contributed by atoms with van der Waals surface area (Å²) >= 11 is 0. The molecular weight excluding hydrogens is 200 g/mol. The molecule has 16 heavy (non-hydrogen) atoms. The smallest absolute Gasteiger partial charge is 0.141 e. The van der Waals surface area contributed by atoms with E-state index < -0.39 is 0 Å². The van der Waals surface area contributed by atoms with Crippen LogP contribution in [-0.4, -0.2) is 25.1 Å². The van der Waals surface area contributed by atoms with Crippen LogP contribution >= 0.6 is 0 Å². The van der Waals surface area contributed by atoms with Gasteiger partial charge in [0.15, 0.2) is 0 Å². The van der Waals surface area contributed by atoms with Crippen molar-refractivity contribution in [2.45, 2.75) is 25.8 Å². The van der Waals surface area contributed by atoms with Gasteiger partial charge < -0.3 is 10.5 Å². The Kier molecular flexibility index (Phi) is 3.67. The molecule has 1 heterocycles. The first-order valence-corrected chi connectivity index (χ1v) is 5.94. The quantitative estimate of drug-likeness (QED) is 0.794. The van der Waals surface area contributed by atoms with Crippen molar-refractivity contribution in [2.24, 2.45) is 0 Å². The van der Waals surface area contributed by atoms with E-state index in [1.54, 1.807) is 7.11 Å². The molecule has 1 aromatic rings. The lowest BCUT2D eigenvalue weighted by atomic mass is 10.1. The van der Waals surface area contributed by atoms with Gasteiger partial charge in [0.2, 0.25) is 0 Å². The SMILES string of the molecule is COc1ccc(CN2CCCCC2)cc1N. The number of piperidine rings is 1. The summed E-state index contributed by atoms with van der Waals surface area (Å²) in [5.74, 6) is 0.766. The molecule has 1 aromatic carbocycles. The van der Waals surface area contributed by atoms with Gasteiger partial charge in [0.1, 0.15) is 5.75 Å². The number of benzene rings is 1. The van der Waals surface area contributed by atoms with E-state index in [1.165, 1.54) is 37.9 Å². The highest BCUT2D eigenvalue weighted by molar-refractivity contribution is 5.54. The lowest BCUT2D eigenvalue weighted by Crippen LogP contribution is -2.29. The van der Waals surface area contributed by atoms with Crippen molar-refractivity contribution in [3.05, 3.63) is 23.8 Å². The third kappa shape index (κ3) is 2.67. The second-order valence-corrected chi connectivity index (χ2v) is 4.41. The molecule has 2 rings (SSSR count). The number of ether oxygens (including phenoxy) is 1. The third-order valence-electron chi connectivity index (χ3n) is 3.15. The van der Waals surface area contributed by atoms with Gasteiger partial charge in [-0.1, -0.05) is 12.5 Å². The predicted molar refractivity (Wildman–Crippen MR) is 66.5 cm³/mol.